The van der Waals surface area contributed by atoms with E-state index in [-0.39, 0.29) is 17.4 Å². The second-order valence-electron chi connectivity index (χ2n) is 6.66. The number of nitrogens with one attached hydrogen (secondary N) is 1. The monoisotopic (exact) mass is 270 g/mol. The smallest absolute Gasteiger partial charge is 0.326 e. The van der Waals surface area contributed by atoms with E-state index in [0.717, 1.165) is 12.8 Å². The van der Waals surface area contributed by atoms with Crippen LogP contribution in [-0.2, 0) is 4.79 Å². The van der Waals surface area contributed by atoms with E-state index in [1.807, 2.05) is 13.8 Å². The lowest BCUT2D eigenvalue weighted by molar-refractivity contribution is -0.139. The van der Waals surface area contributed by atoms with Crippen LogP contribution in [0.25, 0.3) is 0 Å². The lowest BCUT2D eigenvalue weighted by Crippen LogP contribution is -2.52. The van der Waals surface area contributed by atoms with Gasteiger partial charge in [0.1, 0.15) is 6.04 Å². The second kappa shape index (κ2) is 6.26. The number of urea groups is 1. The lowest BCUT2D eigenvalue weighted by atomic mass is 9.84. The maximum atomic E-state index is 12.1. The molecule has 1 aliphatic heterocycles. The van der Waals surface area contributed by atoms with Crippen molar-refractivity contribution in [3.8, 4) is 0 Å². The summed E-state index contributed by atoms with van der Waals surface area (Å²) in [5.41, 5.74) is 0.117. The first kappa shape index (κ1) is 15.8. The van der Waals surface area contributed by atoms with Crippen LogP contribution < -0.4 is 5.32 Å². The highest BCUT2D eigenvalue weighted by molar-refractivity contribution is 5.82. The average Bonchev–Trinajstić information content (AvgIpc) is 2.25. The Bertz CT molecular complexity index is 340. The molecule has 1 atom stereocenters. The van der Waals surface area contributed by atoms with Crippen molar-refractivity contribution in [2.45, 2.75) is 53.0 Å². The molecule has 1 unspecified atom stereocenters. The van der Waals surface area contributed by atoms with Crippen LogP contribution in [0, 0.1) is 11.3 Å². The van der Waals surface area contributed by atoms with Crippen LogP contribution in [-0.4, -0.2) is 41.1 Å². The molecule has 1 heterocycles. The van der Waals surface area contributed by atoms with Crippen molar-refractivity contribution >= 4 is 12.0 Å². The third-order valence-electron chi connectivity index (χ3n) is 3.49. The zero-order valence-electron chi connectivity index (χ0n) is 12.4. The largest absolute Gasteiger partial charge is 0.480 e. The molecule has 110 valence electrons. The molecule has 0 aromatic carbocycles. The van der Waals surface area contributed by atoms with Gasteiger partial charge in [0.05, 0.1) is 0 Å². The number of hydrogen-bond donors (Lipinski definition) is 2. The molecule has 0 aliphatic carbocycles. The van der Waals surface area contributed by atoms with Crippen molar-refractivity contribution in [2.75, 3.05) is 13.1 Å². The van der Waals surface area contributed by atoms with Crippen molar-refractivity contribution in [3.63, 3.8) is 0 Å². The van der Waals surface area contributed by atoms with Crippen LogP contribution in [0.2, 0.25) is 0 Å². The van der Waals surface area contributed by atoms with Crippen LogP contribution in [0.15, 0.2) is 0 Å². The Balaban J connectivity index is 2.59. The quantitative estimate of drug-likeness (QED) is 0.823. The number of carboxylic acids is 1. The maximum Gasteiger partial charge on any atom is 0.326 e. The standard InChI is InChI=1S/C14H26N2O3/c1-10(2)8-11(12(17)18)15-13(19)16-7-5-6-14(3,4)9-16/h10-11H,5-9H2,1-4H3,(H,15,19)(H,17,18). The SMILES string of the molecule is CC(C)CC(NC(=O)N1CCCC(C)(C)C1)C(=O)O. The molecule has 19 heavy (non-hydrogen) atoms. The van der Waals surface area contributed by atoms with Crippen LogP contribution in [0.3, 0.4) is 0 Å². The van der Waals surface area contributed by atoms with Gasteiger partial charge < -0.3 is 15.3 Å². The van der Waals surface area contributed by atoms with Crippen LogP contribution in [0.4, 0.5) is 4.79 Å². The minimum Gasteiger partial charge on any atom is -0.480 e. The lowest BCUT2D eigenvalue weighted by Gasteiger charge is -2.38. The van der Waals surface area contributed by atoms with E-state index in [0.29, 0.717) is 19.5 Å². The van der Waals surface area contributed by atoms with Gasteiger partial charge in [0.15, 0.2) is 0 Å². The first-order valence-electron chi connectivity index (χ1n) is 6.99. The number of nitrogens with zero attached hydrogens (tertiary/aromatic N) is 1. The number of hydrogen-bond acceptors (Lipinski definition) is 2. The molecule has 0 saturated carbocycles. The molecule has 1 aliphatic rings. The highest BCUT2D eigenvalue weighted by atomic mass is 16.4. The van der Waals surface area contributed by atoms with Gasteiger partial charge in [-0.15, -0.1) is 0 Å². The zero-order chi connectivity index (χ0) is 14.6. The molecule has 0 radical (unpaired) electrons. The number of aliphatic carboxylic acids is 1. The molecule has 2 N–H and O–H groups in total. The van der Waals surface area contributed by atoms with E-state index in [2.05, 4.69) is 19.2 Å². The summed E-state index contributed by atoms with van der Waals surface area (Å²) in [6, 6.07) is -1.04. The van der Waals surface area contributed by atoms with Gasteiger partial charge in [-0.2, -0.15) is 0 Å². The third kappa shape index (κ3) is 5.09. The molecule has 0 spiro atoms. The second-order valence-corrected chi connectivity index (χ2v) is 6.66. The van der Waals surface area contributed by atoms with E-state index in [4.69, 9.17) is 5.11 Å². The van der Waals surface area contributed by atoms with Gasteiger partial charge in [-0.3, -0.25) is 0 Å². The summed E-state index contributed by atoms with van der Waals surface area (Å²) in [5.74, 6) is -0.725. The molecule has 2 amide bonds. The average molecular weight is 270 g/mol. The van der Waals surface area contributed by atoms with Gasteiger partial charge in [0.2, 0.25) is 0 Å². The molecule has 0 aromatic heterocycles. The summed E-state index contributed by atoms with van der Waals surface area (Å²) in [7, 11) is 0. The van der Waals surface area contributed by atoms with E-state index in [1.54, 1.807) is 4.90 Å². The number of piperidine rings is 1. The first-order valence-corrected chi connectivity index (χ1v) is 6.99. The number of amides is 2. The van der Waals surface area contributed by atoms with Gasteiger partial charge in [-0.25, -0.2) is 9.59 Å². The van der Waals surface area contributed by atoms with E-state index in [9.17, 15) is 9.59 Å². The van der Waals surface area contributed by atoms with Crippen LogP contribution in [0.5, 0.6) is 0 Å². The van der Waals surface area contributed by atoms with Crippen molar-refractivity contribution in [3.05, 3.63) is 0 Å². The summed E-state index contributed by atoms with van der Waals surface area (Å²) < 4.78 is 0. The van der Waals surface area contributed by atoms with Crippen LogP contribution >= 0.6 is 0 Å². The van der Waals surface area contributed by atoms with Gasteiger partial charge in [-0.1, -0.05) is 27.7 Å². The van der Waals surface area contributed by atoms with Gasteiger partial charge >= 0.3 is 12.0 Å². The number of likely N-dealkylation sites (tertiary alicyclic amines) is 1. The van der Waals surface area contributed by atoms with Gasteiger partial charge in [0.25, 0.3) is 0 Å². The topological polar surface area (TPSA) is 69.6 Å². The molecule has 1 saturated heterocycles. The van der Waals surface area contributed by atoms with Gasteiger partial charge in [-0.05, 0) is 30.6 Å². The molecule has 5 nitrogen and oxygen atoms in total. The van der Waals surface area contributed by atoms with Crippen molar-refractivity contribution in [1.29, 1.82) is 0 Å². The molecule has 0 aromatic rings. The Hall–Kier alpha value is -1.26. The molecular weight excluding hydrogens is 244 g/mol. The number of carbonyl (C=O) groups is 2. The number of rotatable bonds is 4. The Morgan fingerprint density at radius 1 is 1.37 bits per heavy atom. The summed E-state index contributed by atoms with van der Waals surface area (Å²) in [6.07, 6.45) is 2.53. The molecule has 1 fully saturated rings. The normalized spacial score (nSPS) is 20.2. The summed E-state index contributed by atoms with van der Waals surface area (Å²) in [6.45, 7) is 9.57. The summed E-state index contributed by atoms with van der Waals surface area (Å²) >= 11 is 0. The Labute approximate surface area is 115 Å². The fraction of sp³-hybridized carbons (Fsp3) is 0.857. The van der Waals surface area contributed by atoms with E-state index >= 15 is 0 Å². The fourth-order valence-corrected chi connectivity index (χ4v) is 2.53. The minimum absolute atomic E-state index is 0.117. The van der Waals surface area contributed by atoms with E-state index in [1.165, 1.54) is 0 Å². The predicted molar refractivity (Wildman–Crippen MR) is 74.0 cm³/mol. The molecule has 1 rings (SSSR count). The molecular formula is C14H26N2O3. The Morgan fingerprint density at radius 3 is 2.47 bits per heavy atom. The van der Waals surface area contributed by atoms with Crippen molar-refractivity contribution < 1.29 is 14.7 Å². The zero-order valence-corrected chi connectivity index (χ0v) is 12.4. The third-order valence-corrected chi connectivity index (χ3v) is 3.49. The predicted octanol–water partition coefficient (Wildman–Crippen LogP) is 2.32. The Kier molecular flexibility index (Phi) is 5.20. The van der Waals surface area contributed by atoms with Crippen LogP contribution in [0.1, 0.15) is 47.0 Å². The van der Waals surface area contributed by atoms with Crippen molar-refractivity contribution in [1.82, 2.24) is 10.2 Å². The molecule has 0 bridgehead atoms. The fourth-order valence-electron chi connectivity index (χ4n) is 2.53. The Morgan fingerprint density at radius 2 is 2.00 bits per heavy atom. The van der Waals surface area contributed by atoms with E-state index < -0.39 is 12.0 Å². The van der Waals surface area contributed by atoms with Crippen molar-refractivity contribution in [2.24, 2.45) is 11.3 Å². The summed E-state index contributed by atoms with van der Waals surface area (Å²) in [4.78, 5) is 25.0. The number of carbonyl (C=O) groups excluding carboxylic acids is 1. The summed E-state index contributed by atoms with van der Waals surface area (Å²) in [5, 5.41) is 11.8. The maximum absolute atomic E-state index is 12.1. The van der Waals surface area contributed by atoms with Gasteiger partial charge in [0, 0.05) is 13.1 Å². The first-order chi connectivity index (χ1) is 8.71. The highest BCUT2D eigenvalue weighted by Gasteiger charge is 2.31. The number of carboxylic acid groups (broad SMARTS) is 1. The highest BCUT2D eigenvalue weighted by Crippen LogP contribution is 2.28. The minimum atomic E-state index is -0.960. The molecule has 5 heteroatoms.